The molecule has 0 aliphatic heterocycles. The molecule has 5 heteroatoms. The number of hydrogen-bond donors (Lipinski definition) is 0. The van der Waals surface area contributed by atoms with E-state index in [-0.39, 0.29) is 5.69 Å². The average molecular weight is 236 g/mol. The number of nitrogens with zero attached hydrogens (tertiary/aromatic N) is 1. The molecular formula is C6H3BrClNO2. The summed E-state index contributed by atoms with van der Waals surface area (Å²) >= 11 is 7.99. The van der Waals surface area contributed by atoms with Crippen molar-refractivity contribution in [2.24, 2.45) is 0 Å². The number of hydrogen-bond acceptors (Lipinski definition) is 3. The molecule has 1 heterocycles. The number of carbonyl (C=O) groups excluding carboxylic acids is 1. The highest BCUT2D eigenvalue weighted by molar-refractivity contribution is 9.10. The predicted octanol–water partition coefficient (Wildman–Crippen LogP) is 2.15. The zero-order chi connectivity index (χ0) is 8.27. The topological polar surface area (TPSA) is 39.2 Å². The van der Waals surface area contributed by atoms with E-state index >= 15 is 0 Å². The highest BCUT2D eigenvalue weighted by atomic mass is 79.9. The van der Waals surface area contributed by atoms with Crippen molar-refractivity contribution in [3.63, 3.8) is 0 Å². The number of rotatable bonds is 1. The summed E-state index contributed by atoms with van der Waals surface area (Å²) in [5.74, 6) is -0.654. The van der Waals surface area contributed by atoms with Crippen LogP contribution in [0.1, 0.15) is 10.5 Å². The molecule has 0 atom stereocenters. The van der Waals surface area contributed by atoms with Crippen molar-refractivity contribution < 1.29 is 9.08 Å². The summed E-state index contributed by atoms with van der Waals surface area (Å²) in [5.41, 5.74) is 0.184. The lowest BCUT2D eigenvalue weighted by Crippen LogP contribution is -2.00. The van der Waals surface area contributed by atoms with Gasteiger partial charge in [-0.25, -0.2) is 9.78 Å². The summed E-state index contributed by atoms with van der Waals surface area (Å²) in [6, 6.07) is 3.19. The van der Waals surface area contributed by atoms with Gasteiger partial charge in [0.2, 0.25) is 0 Å². The van der Waals surface area contributed by atoms with E-state index in [9.17, 15) is 4.79 Å². The number of halogens is 2. The highest BCUT2D eigenvalue weighted by Gasteiger charge is 2.06. The van der Waals surface area contributed by atoms with Crippen LogP contribution in [-0.4, -0.2) is 11.0 Å². The van der Waals surface area contributed by atoms with Gasteiger partial charge in [-0.05, 0) is 28.1 Å². The Bertz CT molecular complexity index is 262. The summed E-state index contributed by atoms with van der Waals surface area (Å²) in [7, 11) is 0. The van der Waals surface area contributed by atoms with Gasteiger partial charge in [-0.3, -0.25) is 0 Å². The molecule has 0 N–H and O–H groups in total. The lowest BCUT2D eigenvalue weighted by atomic mass is 10.4. The van der Waals surface area contributed by atoms with Crippen molar-refractivity contribution in [1.29, 1.82) is 0 Å². The van der Waals surface area contributed by atoms with Crippen molar-refractivity contribution in [2.75, 3.05) is 0 Å². The molecule has 0 saturated heterocycles. The summed E-state index contributed by atoms with van der Waals surface area (Å²) < 4.78 is 4.73. The van der Waals surface area contributed by atoms with Gasteiger partial charge < -0.3 is 4.29 Å². The lowest BCUT2D eigenvalue weighted by Gasteiger charge is -1.93. The Morgan fingerprint density at radius 2 is 2.36 bits per heavy atom. The molecule has 0 aliphatic rings. The first-order chi connectivity index (χ1) is 5.24. The minimum atomic E-state index is -0.654. The quantitative estimate of drug-likeness (QED) is 0.750. The SMILES string of the molecule is O=C(OCl)c1ccc(Br)cn1. The molecular weight excluding hydrogens is 233 g/mol. The summed E-state index contributed by atoms with van der Waals surface area (Å²) in [6.07, 6.45) is 1.49. The molecule has 0 aromatic carbocycles. The molecule has 0 saturated carbocycles. The Kier molecular flexibility index (Phi) is 2.84. The Balaban J connectivity index is 2.90. The van der Waals surface area contributed by atoms with Gasteiger partial charge in [0.1, 0.15) is 17.6 Å². The second-order valence-corrected chi connectivity index (χ2v) is 2.80. The molecule has 0 unspecified atom stereocenters. The lowest BCUT2D eigenvalue weighted by molar-refractivity contribution is 0.0745. The van der Waals surface area contributed by atoms with Gasteiger partial charge in [0, 0.05) is 10.7 Å². The van der Waals surface area contributed by atoms with Gasteiger partial charge in [-0.2, -0.15) is 0 Å². The second-order valence-electron chi connectivity index (χ2n) is 1.73. The van der Waals surface area contributed by atoms with Crippen LogP contribution >= 0.6 is 27.8 Å². The van der Waals surface area contributed by atoms with E-state index in [4.69, 9.17) is 11.9 Å². The summed E-state index contributed by atoms with van der Waals surface area (Å²) in [5, 5.41) is 0. The van der Waals surface area contributed by atoms with Crippen molar-refractivity contribution in [1.82, 2.24) is 4.98 Å². The number of pyridine rings is 1. The van der Waals surface area contributed by atoms with Crippen molar-refractivity contribution in [3.8, 4) is 0 Å². The molecule has 0 bridgehead atoms. The maximum absolute atomic E-state index is 10.7. The Hall–Kier alpha value is -0.610. The molecule has 0 radical (unpaired) electrons. The van der Waals surface area contributed by atoms with E-state index < -0.39 is 5.97 Å². The third-order valence-electron chi connectivity index (χ3n) is 1.01. The molecule has 1 rings (SSSR count). The van der Waals surface area contributed by atoms with Crippen LogP contribution in [0, 0.1) is 0 Å². The maximum Gasteiger partial charge on any atom is 0.374 e. The van der Waals surface area contributed by atoms with Crippen LogP contribution < -0.4 is 0 Å². The standard InChI is InChI=1S/C6H3BrClNO2/c7-4-1-2-5(9-3-4)6(10)11-8/h1-3H. The van der Waals surface area contributed by atoms with Crippen LogP contribution in [0.25, 0.3) is 0 Å². The van der Waals surface area contributed by atoms with Crippen LogP contribution in [0.3, 0.4) is 0 Å². The highest BCUT2D eigenvalue weighted by Crippen LogP contribution is 2.08. The first-order valence-electron chi connectivity index (χ1n) is 2.68. The monoisotopic (exact) mass is 235 g/mol. The molecule has 58 valence electrons. The maximum atomic E-state index is 10.7. The fraction of sp³-hybridized carbons (Fsp3) is 0. The summed E-state index contributed by atoms with van der Waals surface area (Å²) in [4.78, 5) is 14.4. The zero-order valence-electron chi connectivity index (χ0n) is 5.25. The second kappa shape index (κ2) is 3.69. The largest absolute Gasteiger partial charge is 0.374 e. The first kappa shape index (κ1) is 8.49. The fourth-order valence-corrected chi connectivity index (χ4v) is 0.850. The van der Waals surface area contributed by atoms with Crippen LogP contribution in [0.4, 0.5) is 0 Å². The van der Waals surface area contributed by atoms with E-state index in [2.05, 4.69) is 25.2 Å². The van der Waals surface area contributed by atoms with Crippen LogP contribution in [0.15, 0.2) is 22.8 Å². The van der Waals surface area contributed by atoms with Crippen LogP contribution in [-0.2, 0) is 4.29 Å². The molecule has 0 aliphatic carbocycles. The van der Waals surface area contributed by atoms with E-state index in [1.807, 2.05) is 0 Å². The number of carbonyl (C=O) groups is 1. The molecule has 3 nitrogen and oxygen atoms in total. The average Bonchev–Trinajstić information content (AvgIpc) is 2.05. The smallest absolute Gasteiger partial charge is 0.342 e. The normalized spacial score (nSPS) is 9.27. The molecule has 0 amide bonds. The Labute approximate surface area is 76.6 Å². The minimum absolute atomic E-state index is 0.184. The zero-order valence-corrected chi connectivity index (χ0v) is 7.59. The fourth-order valence-electron chi connectivity index (χ4n) is 0.536. The molecule has 1 aromatic heterocycles. The molecule has 1 aromatic rings. The van der Waals surface area contributed by atoms with E-state index in [1.165, 1.54) is 12.3 Å². The van der Waals surface area contributed by atoms with E-state index in [1.54, 1.807) is 6.07 Å². The van der Waals surface area contributed by atoms with E-state index in [0.29, 0.717) is 0 Å². The van der Waals surface area contributed by atoms with Gasteiger partial charge in [-0.15, -0.1) is 0 Å². The minimum Gasteiger partial charge on any atom is -0.342 e. The van der Waals surface area contributed by atoms with Gasteiger partial charge in [-0.1, -0.05) is 0 Å². The third kappa shape index (κ3) is 2.17. The summed E-state index contributed by atoms with van der Waals surface area (Å²) in [6.45, 7) is 0. The molecule has 0 fully saturated rings. The van der Waals surface area contributed by atoms with Crippen LogP contribution in [0.5, 0.6) is 0 Å². The van der Waals surface area contributed by atoms with Crippen LogP contribution in [0.2, 0.25) is 0 Å². The third-order valence-corrected chi connectivity index (χ3v) is 1.62. The van der Waals surface area contributed by atoms with Gasteiger partial charge in [0.25, 0.3) is 0 Å². The van der Waals surface area contributed by atoms with Crippen molar-refractivity contribution in [2.45, 2.75) is 0 Å². The molecule has 0 spiro atoms. The Morgan fingerprint density at radius 3 is 2.82 bits per heavy atom. The van der Waals surface area contributed by atoms with Gasteiger partial charge >= 0.3 is 5.97 Å². The van der Waals surface area contributed by atoms with Crippen molar-refractivity contribution >= 4 is 33.8 Å². The number of aromatic nitrogens is 1. The predicted molar refractivity (Wildman–Crippen MR) is 43.2 cm³/mol. The van der Waals surface area contributed by atoms with Gasteiger partial charge in [0.15, 0.2) is 0 Å². The van der Waals surface area contributed by atoms with Crippen molar-refractivity contribution in [3.05, 3.63) is 28.5 Å². The van der Waals surface area contributed by atoms with Gasteiger partial charge in [0.05, 0.1) is 0 Å². The first-order valence-corrected chi connectivity index (χ1v) is 3.78. The van der Waals surface area contributed by atoms with E-state index in [0.717, 1.165) is 4.47 Å². The Morgan fingerprint density at radius 1 is 1.64 bits per heavy atom. The molecule has 11 heavy (non-hydrogen) atoms.